The molecule has 0 spiro atoms. The van der Waals surface area contributed by atoms with Crippen LogP contribution in [0.5, 0.6) is 0 Å². The summed E-state index contributed by atoms with van der Waals surface area (Å²) in [5.74, 6) is -1.06. The number of fused-ring (bicyclic) bond motifs is 1. The maximum absolute atomic E-state index is 13.0. The maximum Gasteiger partial charge on any atom is 0.311 e. The third-order valence-electron chi connectivity index (χ3n) is 6.38. The highest BCUT2D eigenvalue weighted by Gasteiger charge is 2.54. The molecule has 0 aromatic heterocycles. The Labute approximate surface area is 171 Å². The lowest BCUT2D eigenvalue weighted by Crippen LogP contribution is -2.45. The fourth-order valence-corrected chi connectivity index (χ4v) is 4.59. The summed E-state index contributed by atoms with van der Waals surface area (Å²) in [6, 6.07) is 16.1. The fraction of sp³-hybridized carbons (Fsp3) is 0.417. The van der Waals surface area contributed by atoms with Gasteiger partial charge in [-0.3, -0.25) is 9.59 Å². The molecule has 0 unspecified atom stereocenters. The lowest BCUT2D eigenvalue weighted by atomic mass is 9.74. The second kappa shape index (κ2) is 7.99. The van der Waals surface area contributed by atoms with E-state index in [-0.39, 0.29) is 18.4 Å². The van der Waals surface area contributed by atoms with E-state index in [0.29, 0.717) is 31.7 Å². The minimum atomic E-state index is -0.867. The van der Waals surface area contributed by atoms with Crippen molar-refractivity contribution in [1.29, 1.82) is 0 Å². The number of carbonyl (C=O) groups excluding carboxylic acids is 1. The van der Waals surface area contributed by atoms with E-state index < -0.39 is 11.4 Å². The number of ether oxygens (including phenoxy) is 1. The fourth-order valence-electron chi connectivity index (χ4n) is 4.59. The van der Waals surface area contributed by atoms with Gasteiger partial charge in [-0.1, -0.05) is 49.7 Å². The van der Waals surface area contributed by atoms with E-state index >= 15 is 0 Å². The topological polar surface area (TPSA) is 66.8 Å². The zero-order valence-corrected chi connectivity index (χ0v) is 16.8. The molecule has 4 rings (SSSR count). The molecule has 152 valence electrons. The van der Waals surface area contributed by atoms with Gasteiger partial charge in [0, 0.05) is 31.2 Å². The average molecular weight is 393 g/mol. The Hall–Kier alpha value is -2.66. The van der Waals surface area contributed by atoms with Gasteiger partial charge in [0.15, 0.2) is 0 Å². The second-order valence-corrected chi connectivity index (χ2v) is 8.19. The van der Waals surface area contributed by atoms with Crippen molar-refractivity contribution < 1.29 is 19.4 Å². The van der Waals surface area contributed by atoms with Crippen molar-refractivity contribution >= 4 is 11.9 Å². The summed E-state index contributed by atoms with van der Waals surface area (Å²) < 4.78 is 5.48. The van der Waals surface area contributed by atoms with Crippen molar-refractivity contribution in [2.45, 2.75) is 26.2 Å². The van der Waals surface area contributed by atoms with Crippen LogP contribution in [-0.2, 0) is 16.0 Å². The van der Waals surface area contributed by atoms with E-state index in [0.717, 1.165) is 24.0 Å². The van der Waals surface area contributed by atoms with Gasteiger partial charge >= 0.3 is 5.97 Å². The highest BCUT2D eigenvalue weighted by atomic mass is 16.5. The summed E-state index contributed by atoms with van der Waals surface area (Å²) in [6.07, 6.45) is 2.67. The third kappa shape index (κ3) is 3.67. The SMILES string of the molecule is CCCc1ccc(-c2ccc(C(=O)N3C[C@@H]4COCC[C@]4(C(=O)O)C3)cc2)cc1. The van der Waals surface area contributed by atoms with Crippen LogP contribution < -0.4 is 0 Å². The molecule has 2 aromatic carbocycles. The van der Waals surface area contributed by atoms with Gasteiger partial charge in [0.1, 0.15) is 0 Å². The Bertz CT molecular complexity index is 890. The monoisotopic (exact) mass is 393 g/mol. The van der Waals surface area contributed by atoms with Crippen LogP contribution in [0.3, 0.4) is 0 Å². The summed E-state index contributed by atoms with van der Waals surface area (Å²) in [4.78, 5) is 26.6. The Morgan fingerprint density at radius 3 is 2.34 bits per heavy atom. The van der Waals surface area contributed by atoms with Crippen LogP contribution in [0.2, 0.25) is 0 Å². The van der Waals surface area contributed by atoms with Crippen molar-refractivity contribution in [2.24, 2.45) is 11.3 Å². The lowest BCUT2D eigenvalue weighted by Gasteiger charge is -2.33. The van der Waals surface area contributed by atoms with E-state index in [2.05, 4.69) is 31.2 Å². The molecule has 5 nitrogen and oxygen atoms in total. The van der Waals surface area contributed by atoms with Gasteiger partial charge in [-0.2, -0.15) is 0 Å². The van der Waals surface area contributed by atoms with E-state index in [1.54, 1.807) is 4.90 Å². The maximum atomic E-state index is 13.0. The molecule has 0 radical (unpaired) electrons. The number of amides is 1. The van der Waals surface area contributed by atoms with Crippen molar-refractivity contribution in [2.75, 3.05) is 26.3 Å². The highest BCUT2D eigenvalue weighted by molar-refractivity contribution is 5.95. The number of aryl methyl sites for hydroxylation is 1. The number of carboxylic acid groups (broad SMARTS) is 1. The zero-order chi connectivity index (χ0) is 20.4. The summed E-state index contributed by atoms with van der Waals surface area (Å²) in [7, 11) is 0. The molecule has 2 aromatic rings. The average Bonchev–Trinajstić information content (AvgIpc) is 3.15. The molecule has 5 heteroatoms. The molecule has 2 aliphatic rings. The van der Waals surface area contributed by atoms with Crippen LogP contribution in [0.1, 0.15) is 35.7 Å². The molecule has 29 heavy (non-hydrogen) atoms. The number of rotatable bonds is 5. The van der Waals surface area contributed by atoms with Gasteiger partial charge in [-0.25, -0.2) is 0 Å². The first-order chi connectivity index (χ1) is 14.0. The Morgan fingerprint density at radius 1 is 1.10 bits per heavy atom. The standard InChI is InChI=1S/C24H27NO4/c1-2-3-17-4-6-18(7-5-17)19-8-10-20(11-9-19)22(26)25-14-21-15-29-13-12-24(21,16-25)23(27)28/h4-11,21H,2-3,12-16H2,1H3,(H,27,28)/t21-,24+/m1/s1. The Kier molecular flexibility index (Phi) is 5.41. The molecule has 0 bridgehead atoms. The second-order valence-electron chi connectivity index (χ2n) is 8.19. The number of hydrogen-bond acceptors (Lipinski definition) is 3. The van der Waals surface area contributed by atoms with E-state index in [4.69, 9.17) is 4.74 Å². The Balaban J connectivity index is 1.49. The molecular weight excluding hydrogens is 366 g/mol. The summed E-state index contributed by atoms with van der Waals surface area (Å²) >= 11 is 0. The molecule has 2 fully saturated rings. The molecule has 2 aliphatic heterocycles. The largest absolute Gasteiger partial charge is 0.481 e. The van der Waals surface area contributed by atoms with Crippen LogP contribution in [0.25, 0.3) is 11.1 Å². The number of hydrogen-bond donors (Lipinski definition) is 1. The number of benzene rings is 2. The quantitative estimate of drug-likeness (QED) is 0.837. The van der Waals surface area contributed by atoms with Crippen molar-refractivity contribution in [3.63, 3.8) is 0 Å². The van der Waals surface area contributed by atoms with Crippen LogP contribution in [-0.4, -0.2) is 48.2 Å². The van der Waals surface area contributed by atoms with Crippen LogP contribution in [0.15, 0.2) is 48.5 Å². The lowest BCUT2D eigenvalue weighted by molar-refractivity contribution is -0.157. The summed E-state index contributed by atoms with van der Waals surface area (Å²) in [5, 5.41) is 9.79. The molecule has 0 saturated carbocycles. The first kappa shape index (κ1) is 19.6. The number of carbonyl (C=O) groups is 2. The van der Waals surface area contributed by atoms with Gasteiger partial charge in [0.05, 0.1) is 12.0 Å². The minimum absolute atomic E-state index is 0.107. The molecular formula is C24H27NO4. The smallest absolute Gasteiger partial charge is 0.311 e. The summed E-state index contributed by atoms with van der Waals surface area (Å²) in [5.41, 5.74) is 3.24. The van der Waals surface area contributed by atoms with Crippen molar-refractivity contribution in [1.82, 2.24) is 4.90 Å². The van der Waals surface area contributed by atoms with Gasteiger partial charge in [-0.05, 0) is 41.7 Å². The van der Waals surface area contributed by atoms with E-state index in [9.17, 15) is 14.7 Å². The van der Waals surface area contributed by atoms with Gasteiger partial charge in [-0.15, -0.1) is 0 Å². The molecule has 2 atom stereocenters. The third-order valence-corrected chi connectivity index (χ3v) is 6.38. The normalized spacial score (nSPS) is 23.6. The van der Waals surface area contributed by atoms with E-state index in [1.165, 1.54) is 5.56 Å². The molecule has 2 heterocycles. The van der Waals surface area contributed by atoms with Crippen LogP contribution in [0, 0.1) is 11.3 Å². The molecule has 2 saturated heterocycles. The van der Waals surface area contributed by atoms with Crippen molar-refractivity contribution in [3.8, 4) is 11.1 Å². The highest BCUT2D eigenvalue weighted by Crippen LogP contribution is 2.42. The minimum Gasteiger partial charge on any atom is -0.481 e. The van der Waals surface area contributed by atoms with Gasteiger partial charge in [0.25, 0.3) is 5.91 Å². The predicted molar refractivity (Wildman–Crippen MR) is 111 cm³/mol. The number of nitrogens with zero attached hydrogens (tertiary/aromatic N) is 1. The van der Waals surface area contributed by atoms with Gasteiger partial charge < -0.3 is 14.7 Å². The first-order valence-corrected chi connectivity index (χ1v) is 10.3. The van der Waals surface area contributed by atoms with Gasteiger partial charge in [0.2, 0.25) is 0 Å². The Morgan fingerprint density at radius 2 is 1.76 bits per heavy atom. The summed E-state index contributed by atoms with van der Waals surface area (Å²) in [6.45, 7) is 3.71. The number of likely N-dealkylation sites (tertiary alicyclic amines) is 1. The molecule has 0 aliphatic carbocycles. The predicted octanol–water partition coefficient (Wildman–Crippen LogP) is 3.87. The molecule has 1 amide bonds. The van der Waals surface area contributed by atoms with Crippen molar-refractivity contribution in [3.05, 3.63) is 59.7 Å². The van der Waals surface area contributed by atoms with Crippen LogP contribution >= 0.6 is 0 Å². The van der Waals surface area contributed by atoms with Crippen LogP contribution in [0.4, 0.5) is 0 Å². The number of carboxylic acids is 1. The first-order valence-electron chi connectivity index (χ1n) is 10.3. The van der Waals surface area contributed by atoms with E-state index in [1.807, 2.05) is 24.3 Å². The zero-order valence-electron chi connectivity index (χ0n) is 16.8. The molecule has 1 N–H and O–H groups in total. The number of aliphatic carboxylic acids is 1.